The molecule has 0 aliphatic rings. The number of para-hydroxylation sites is 3. The van der Waals surface area contributed by atoms with Crippen molar-refractivity contribution >= 4 is 49.6 Å². The van der Waals surface area contributed by atoms with Gasteiger partial charge < -0.3 is 9.47 Å². The summed E-state index contributed by atoms with van der Waals surface area (Å²) < 4.78 is 2.38. The van der Waals surface area contributed by atoms with Gasteiger partial charge in [-0.1, -0.05) is 140 Å². The molecule has 2 heteroatoms. The lowest BCUT2D eigenvalue weighted by Gasteiger charge is -2.27. The number of hydrogen-bond donors (Lipinski definition) is 0. The third kappa shape index (κ3) is 4.74. The van der Waals surface area contributed by atoms with Crippen LogP contribution in [0.1, 0.15) is 0 Å². The van der Waals surface area contributed by atoms with E-state index in [1.807, 2.05) is 0 Å². The zero-order chi connectivity index (χ0) is 31.9. The van der Waals surface area contributed by atoms with Crippen LogP contribution in [0.5, 0.6) is 0 Å². The van der Waals surface area contributed by atoms with Crippen molar-refractivity contribution in [3.8, 4) is 27.9 Å². The van der Waals surface area contributed by atoms with Crippen molar-refractivity contribution in [2.24, 2.45) is 0 Å². The fourth-order valence-corrected chi connectivity index (χ4v) is 7.25. The van der Waals surface area contributed by atoms with E-state index in [9.17, 15) is 0 Å². The van der Waals surface area contributed by atoms with E-state index >= 15 is 0 Å². The highest BCUT2D eigenvalue weighted by Gasteiger charge is 2.17. The van der Waals surface area contributed by atoms with Gasteiger partial charge in [0.1, 0.15) is 0 Å². The fraction of sp³-hybridized carbons (Fsp3) is 0. The third-order valence-electron chi connectivity index (χ3n) is 9.35. The first-order chi connectivity index (χ1) is 23.8. The Kier molecular flexibility index (Phi) is 6.84. The van der Waals surface area contributed by atoms with Gasteiger partial charge in [-0.05, 0) is 87.6 Å². The van der Waals surface area contributed by atoms with Crippen LogP contribution < -0.4 is 4.90 Å². The highest BCUT2D eigenvalue weighted by Crippen LogP contribution is 2.41. The van der Waals surface area contributed by atoms with Crippen LogP contribution in [0.15, 0.2) is 194 Å². The molecule has 0 radical (unpaired) electrons. The van der Waals surface area contributed by atoms with Gasteiger partial charge in [-0.2, -0.15) is 0 Å². The standard InChI is InChI=1S/C46H32N2/c1-3-15-33(16-4-1)40-27-12-17-34-18-13-28-41(46(34)40)35-19-11-22-37(31-35)47(36-20-5-2-6-21-36)38-23-14-24-39(32-38)48-44-29-9-7-25-42(44)43-26-8-10-30-45(43)48/h1-32H. The lowest BCUT2D eigenvalue weighted by molar-refractivity contribution is 1.17. The average Bonchev–Trinajstić information content (AvgIpc) is 3.50. The van der Waals surface area contributed by atoms with Crippen LogP contribution >= 0.6 is 0 Å². The molecule has 0 saturated heterocycles. The van der Waals surface area contributed by atoms with Gasteiger partial charge in [-0.25, -0.2) is 0 Å². The van der Waals surface area contributed by atoms with E-state index in [1.165, 1.54) is 54.8 Å². The second-order valence-corrected chi connectivity index (χ2v) is 12.2. The molecule has 9 aromatic rings. The predicted octanol–water partition coefficient (Wildman–Crippen LogP) is 12.7. The molecule has 48 heavy (non-hydrogen) atoms. The molecule has 226 valence electrons. The summed E-state index contributed by atoms with van der Waals surface area (Å²) in [6, 6.07) is 69.8. The van der Waals surface area contributed by atoms with Gasteiger partial charge in [0.15, 0.2) is 0 Å². The van der Waals surface area contributed by atoms with Crippen molar-refractivity contribution in [3.05, 3.63) is 194 Å². The summed E-state index contributed by atoms with van der Waals surface area (Å²) in [7, 11) is 0. The smallest absolute Gasteiger partial charge is 0.0541 e. The molecule has 0 atom stereocenters. The molecule has 0 bridgehead atoms. The van der Waals surface area contributed by atoms with E-state index in [4.69, 9.17) is 0 Å². The van der Waals surface area contributed by atoms with Crippen molar-refractivity contribution in [2.75, 3.05) is 4.90 Å². The average molecular weight is 613 g/mol. The minimum atomic E-state index is 1.10. The molecule has 8 aromatic carbocycles. The second kappa shape index (κ2) is 11.8. The monoisotopic (exact) mass is 612 g/mol. The molecule has 0 fully saturated rings. The Morgan fingerprint density at radius 1 is 0.354 bits per heavy atom. The predicted molar refractivity (Wildman–Crippen MR) is 204 cm³/mol. The fourth-order valence-electron chi connectivity index (χ4n) is 7.25. The number of fused-ring (bicyclic) bond motifs is 4. The number of anilines is 3. The molecule has 2 nitrogen and oxygen atoms in total. The van der Waals surface area contributed by atoms with E-state index in [0.717, 1.165) is 22.7 Å². The molecule has 1 aromatic heterocycles. The number of aromatic nitrogens is 1. The molecule has 0 unspecified atom stereocenters. The quantitative estimate of drug-likeness (QED) is 0.181. The Morgan fingerprint density at radius 3 is 1.54 bits per heavy atom. The Morgan fingerprint density at radius 2 is 0.854 bits per heavy atom. The molecule has 0 aliphatic heterocycles. The first-order valence-electron chi connectivity index (χ1n) is 16.4. The Balaban J connectivity index is 1.22. The largest absolute Gasteiger partial charge is 0.310 e. The van der Waals surface area contributed by atoms with Crippen molar-refractivity contribution in [3.63, 3.8) is 0 Å². The molecule has 9 rings (SSSR count). The number of benzene rings is 8. The van der Waals surface area contributed by atoms with E-state index < -0.39 is 0 Å². The van der Waals surface area contributed by atoms with Crippen molar-refractivity contribution in [2.45, 2.75) is 0 Å². The molecule has 0 amide bonds. The van der Waals surface area contributed by atoms with Gasteiger partial charge in [0.2, 0.25) is 0 Å². The summed E-state index contributed by atoms with van der Waals surface area (Å²) in [5.41, 5.74) is 11.7. The van der Waals surface area contributed by atoms with Gasteiger partial charge in [0.25, 0.3) is 0 Å². The zero-order valence-corrected chi connectivity index (χ0v) is 26.4. The minimum Gasteiger partial charge on any atom is -0.310 e. The third-order valence-corrected chi connectivity index (χ3v) is 9.35. The van der Waals surface area contributed by atoms with E-state index in [2.05, 4.69) is 204 Å². The van der Waals surface area contributed by atoms with Crippen LogP contribution in [0, 0.1) is 0 Å². The minimum absolute atomic E-state index is 1.10. The van der Waals surface area contributed by atoms with E-state index in [1.54, 1.807) is 0 Å². The van der Waals surface area contributed by atoms with Gasteiger partial charge in [0.05, 0.1) is 11.0 Å². The second-order valence-electron chi connectivity index (χ2n) is 12.2. The summed E-state index contributed by atoms with van der Waals surface area (Å²) in [5, 5.41) is 5.02. The molecular weight excluding hydrogens is 581 g/mol. The Labute approximate surface area is 280 Å². The van der Waals surface area contributed by atoms with Gasteiger partial charge in [-0.3, -0.25) is 0 Å². The summed E-state index contributed by atoms with van der Waals surface area (Å²) in [6.07, 6.45) is 0. The number of nitrogens with zero attached hydrogens (tertiary/aromatic N) is 2. The first-order valence-corrected chi connectivity index (χ1v) is 16.4. The first kappa shape index (κ1) is 27.9. The maximum absolute atomic E-state index is 2.38. The van der Waals surface area contributed by atoms with E-state index in [0.29, 0.717) is 0 Å². The summed E-state index contributed by atoms with van der Waals surface area (Å²) in [6.45, 7) is 0. The van der Waals surface area contributed by atoms with Crippen LogP contribution in [0.2, 0.25) is 0 Å². The highest BCUT2D eigenvalue weighted by molar-refractivity contribution is 6.09. The zero-order valence-electron chi connectivity index (χ0n) is 26.4. The highest BCUT2D eigenvalue weighted by atomic mass is 15.1. The Hall–Kier alpha value is -6.38. The lowest BCUT2D eigenvalue weighted by Crippen LogP contribution is -2.10. The van der Waals surface area contributed by atoms with Gasteiger partial charge in [-0.15, -0.1) is 0 Å². The van der Waals surface area contributed by atoms with Crippen molar-refractivity contribution in [1.82, 2.24) is 4.57 Å². The summed E-state index contributed by atoms with van der Waals surface area (Å²) in [4.78, 5) is 2.37. The lowest BCUT2D eigenvalue weighted by atomic mass is 9.91. The topological polar surface area (TPSA) is 8.17 Å². The molecule has 0 aliphatic carbocycles. The molecule has 0 spiro atoms. The molecular formula is C46H32N2. The van der Waals surface area contributed by atoms with Crippen LogP contribution in [-0.4, -0.2) is 4.57 Å². The van der Waals surface area contributed by atoms with Crippen LogP contribution in [-0.2, 0) is 0 Å². The number of hydrogen-bond acceptors (Lipinski definition) is 1. The molecule has 0 saturated carbocycles. The Bertz CT molecular complexity index is 2500. The van der Waals surface area contributed by atoms with Crippen LogP contribution in [0.4, 0.5) is 17.1 Å². The normalized spacial score (nSPS) is 11.3. The maximum atomic E-state index is 2.38. The maximum Gasteiger partial charge on any atom is 0.0541 e. The van der Waals surface area contributed by atoms with Crippen LogP contribution in [0.25, 0.3) is 60.5 Å². The van der Waals surface area contributed by atoms with Gasteiger partial charge >= 0.3 is 0 Å². The summed E-state index contributed by atoms with van der Waals surface area (Å²) in [5.74, 6) is 0. The molecule has 0 N–H and O–H groups in total. The van der Waals surface area contributed by atoms with E-state index in [-0.39, 0.29) is 0 Å². The number of rotatable bonds is 6. The summed E-state index contributed by atoms with van der Waals surface area (Å²) >= 11 is 0. The molecule has 1 heterocycles. The van der Waals surface area contributed by atoms with Gasteiger partial charge in [0, 0.05) is 33.5 Å². The van der Waals surface area contributed by atoms with Crippen molar-refractivity contribution < 1.29 is 0 Å². The SMILES string of the molecule is c1ccc(-c2cccc3cccc(-c4cccc(N(c5ccccc5)c5cccc(-n6c7ccccc7c7ccccc76)c5)c4)c23)cc1. The van der Waals surface area contributed by atoms with Crippen molar-refractivity contribution in [1.29, 1.82) is 0 Å². The van der Waals surface area contributed by atoms with Crippen LogP contribution in [0.3, 0.4) is 0 Å².